The van der Waals surface area contributed by atoms with E-state index in [-0.39, 0.29) is 5.97 Å². The molecule has 0 saturated carbocycles. The van der Waals surface area contributed by atoms with Gasteiger partial charge in [0.1, 0.15) is 5.75 Å². The van der Waals surface area contributed by atoms with Gasteiger partial charge in [0.05, 0.1) is 5.56 Å². The third-order valence-corrected chi connectivity index (χ3v) is 4.23. The Morgan fingerprint density at radius 3 is 1.88 bits per heavy atom. The van der Waals surface area contributed by atoms with E-state index < -0.39 is 0 Å². The van der Waals surface area contributed by atoms with E-state index in [4.69, 9.17) is 4.74 Å². The molecular weight excluding hydrogens is 320 g/mol. The first-order chi connectivity index (χ1) is 12.6. The van der Waals surface area contributed by atoms with E-state index in [1.807, 2.05) is 42.5 Å². The summed E-state index contributed by atoms with van der Waals surface area (Å²) in [4.78, 5) is 12.3. The number of rotatable bonds is 5. The molecule has 2 nitrogen and oxygen atoms in total. The van der Waals surface area contributed by atoms with Gasteiger partial charge in [0.2, 0.25) is 0 Å². The third kappa shape index (κ3) is 4.70. The maximum Gasteiger partial charge on any atom is 0.343 e. The monoisotopic (exact) mass is 342 g/mol. The minimum absolute atomic E-state index is 0.344. The molecule has 2 heteroatoms. The molecule has 0 radical (unpaired) electrons. The molecule has 0 heterocycles. The van der Waals surface area contributed by atoms with Crippen LogP contribution < -0.4 is 4.74 Å². The second-order valence-electron chi connectivity index (χ2n) is 6.25. The highest BCUT2D eigenvalue weighted by molar-refractivity contribution is 5.91. The summed E-state index contributed by atoms with van der Waals surface area (Å²) in [5, 5.41) is 0. The number of esters is 1. The van der Waals surface area contributed by atoms with Crippen LogP contribution in [0.2, 0.25) is 0 Å². The lowest BCUT2D eigenvalue weighted by atomic mass is 10.1. The predicted octanol–water partition coefficient (Wildman–Crippen LogP) is 5.95. The maximum atomic E-state index is 12.3. The fourth-order valence-electron chi connectivity index (χ4n) is 2.56. The highest BCUT2D eigenvalue weighted by atomic mass is 16.5. The maximum absolute atomic E-state index is 12.3. The molecule has 3 aromatic carbocycles. The van der Waals surface area contributed by atoms with E-state index in [1.54, 1.807) is 12.1 Å². The van der Waals surface area contributed by atoms with E-state index in [0.29, 0.717) is 11.3 Å². The number of hydrogen-bond donors (Lipinski definition) is 0. The Morgan fingerprint density at radius 2 is 1.35 bits per heavy atom. The lowest BCUT2D eigenvalue weighted by Gasteiger charge is -2.05. The van der Waals surface area contributed by atoms with Crippen LogP contribution in [0.15, 0.2) is 72.8 Å². The van der Waals surface area contributed by atoms with Crippen LogP contribution in [0.1, 0.15) is 39.5 Å². The SMILES string of the molecule is CCc1ccc(OC(=O)c2ccc(/C=C/c3ccc(C)cc3)cc2)cc1. The molecule has 0 aliphatic rings. The first kappa shape index (κ1) is 17.7. The Labute approximate surface area is 154 Å². The van der Waals surface area contributed by atoms with Gasteiger partial charge in [-0.15, -0.1) is 0 Å². The highest BCUT2D eigenvalue weighted by Gasteiger charge is 2.08. The molecule has 26 heavy (non-hydrogen) atoms. The van der Waals surface area contributed by atoms with E-state index in [0.717, 1.165) is 17.5 Å². The number of carbonyl (C=O) groups is 1. The Morgan fingerprint density at radius 1 is 0.808 bits per heavy atom. The van der Waals surface area contributed by atoms with Gasteiger partial charge in [-0.05, 0) is 54.3 Å². The molecule has 0 N–H and O–H groups in total. The molecule has 0 bridgehead atoms. The van der Waals surface area contributed by atoms with Gasteiger partial charge in [-0.2, -0.15) is 0 Å². The highest BCUT2D eigenvalue weighted by Crippen LogP contribution is 2.16. The van der Waals surface area contributed by atoms with Crippen molar-refractivity contribution in [3.05, 3.63) is 101 Å². The third-order valence-electron chi connectivity index (χ3n) is 4.23. The van der Waals surface area contributed by atoms with Crippen molar-refractivity contribution in [2.24, 2.45) is 0 Å². The van der Waals surface area contributed by atoms with Gasteiger partial charge in [-0.25, -0.2) is 4.79 Å². The minimum atomic E-state index is -0.344. The van der Waals surface area contributed by atoms with E-state index in [2.05, 4.69) is 44.2 Å². The minimum Gasteiger partial charge on any atom is -0.423 e. The van der Waals surface area contributed by atoms with Gasteiger partial charge < -0.3 is 4.74 Å². The summed E-state index contributed by atoms with van der Waals surface area (Å²) < 4.78 is 5.42. The average molecular weight is 342 g/mol. The zero-order chi connectivity index (χ0) is 18.4. The van der Waals surface area contributed by atoms with Gasteiger partial charge in [-0.3, -0.25) is 0 Å². The van der Waals surface area contributed by atoms with E-state index >= 15 is 0 Å². The van der Waals surface area contributed by atoms with Crippen LogP contribution in [0.25, 0.3) is 12.2 Å². The summed E-state index contributed by atoms with van der Waals surface area (Å²) in [6, 6.07) is 23.4. The Balaban J connectivity index is 1.64. The van der Waals surface area contributed by atoms with Crippen molar-refractivity contribution >= 4 is 18.1 Å². The molecule has 0 saturated heterocycles. The number of aryl methyl sites for hydroxylation is 2. The Bertz CT molecular complexity index is 886. The summed E-state index contributed by atoms with van der Waals surface area (Å²) in [5.74, 6) is 0.221. The van der Waals surface area contributed by atoms with Crippen molar-refractivity contribution in [3.63, 3.8) is 0 Å². The number of ether oxygens (including phenoxy) is 1. The van der Waals surface area contributed by atoms with Crippen molar-refractivity contribution < 1.29 is 9.53 Å². The molecule has 0 amide bonds. The largest absolute Gasteiger partial charge is 0.423 e. The lowest BCUT2D eigenvalue weighted by Crippen LogP contribution is -2.08. The molecule has 0 unspecified atom stereocenters. The molecule has 3 aromatic rings. The summed E-state index contributed by atoms with van der Waals surface area (Å²) in [6.45, 7) is 4.17. The van der Waals surface area contributed by atoms with Gasteiger partial charge >= 0.3 is 5.97 Å². The first-order valence-electron chi connectivity index (χ1n) is 8.80. The fraction of sp³-hybridized carbons (Fsp3) is 0.125. The van der Waals surface area contributed by atoms with E-state index in [9.17, 15) is 4.79 Å². The molecule has 0 aliphatic carbocycles. The van der Waals surface area contributed by atoms with Crippen molar-refractivity contribution in [1.29, 1.82) is 0 Å². The normalized spacial score (nSPS) is 10.8. The molecule has 0 fully saturated rings. The summed E-state index contributed by atoms with van der Waals surface area (Å²) in [6.07, 6.45) is 5.05. The molecule has 130 valence electrons. The molecular formula is C24H22O2. The smallest absolute Gasteiger partial charge is 0.343 e. The first-order valence-corrected chi connectivity index (χ1v) is 8.80. The quantitative estimate of drug-likeness (QED) is 0.325. The van der Waals surface area contributed by atoms with Gasteiger partial charge in [-0.1, -0.05) is 73.2 Å². The van der Waals surface area contributed by atoms with Gasteiger partial charge in [0, 0.05) is 0 Å². The summed E-state index contributed by atoms with van der Waals surface area (Å²) in [7, 11) is 0. The van der Waals surface area contributed by atoms with Crippen LogP contribution in [0.4, 0.5) is 0 Å². The van der Waals surface area contributed by atoms with Crippen LogP contribution >= 0.6 is 0 Å². The number of carbonyl (C=O) groups excluding carboxylic acids is 1. The lowest BCUT2D eigenvalue weighted by molar-refractivity contribution is 0.0734. The number of benzene rings is 3. The van der Waals surface area contributed by atoms with Gasteiger partial charge in [0.15, 0.2) is 0 Å². The van der Waals surface area contributed by atoms with Crippen LogP contribution in [-0.4, -0.2) is 5.97 Å². The molecule has 0 aromatic heterocycles. The topological polar surface area (TPSA) is 26.3 Å². The second kappa shape index (κ2) is 8.30. The van der Waals surface area contributed by atoms with Crippen LogP contribution in [0.5, 0.6) is 5.75 Å². The summed E-state index contributed by atoms with van der Waals surface area (Å²) >= 11 is 0. The Hall–Kier alpha value is -3.13. The standard InChI is InChI=1S/C24H22O2/c1-3-19-12-16-23(17-13-19)26-24(25)22-14-10-21(11-15-22)9-8-20-6-4-18(2)5-7-20/h4-17H,3H2,1-2H3/b9-8+. The van der Waals surface area contributed by atoms with Crippen LogP contribution in [0, 0.1) is 6.92 Å². The molecule has 0 atom stereocenters. The van der Waals surface area contributed by atoms with Crippen LogP contribution in [0.3, 0.4) is 0 Å². The van der Waals surface area contributed by atoms with Crippen molar-refractivity contribution in [2.75, 3.05) is 0 Å². The van der Waals surface area contributed by atoms with E-state index in [1.165, 1.54) is 11.1 Å². The fourth-order valence-corrected chi connectivity index (χ4v) is 2.56. The summed E-state index contributed by atoms with van der Waals surface area (Å²) in [5.41, 5.74) is 5.19. The Kier molecular flexibility index (Phi) is 5.65. The zero-order valence-corrected chi connectivity index (χ0v) is 15.1. The van der Waals surface area contributed by atoms with Gasteiger partial charge in [0.25, 0.3) is 0 Å². The molecule has 3 rings (SSSR count). The van der Waals surface area contributed by atoms with Crippen molar-refractivity contribution in [1.82, 2.24) is 0 Å². The number of hydrogen-bond acceptors (Lipinski definition) is 2. The predicted molar refractivity (Wildman–Crippen MR) is 107 cm³/mol. The molecule has 0 spiro atoms. The molecule has 0 aliphatic heterocycles. The van der Waals surface area contributed by atoms with Crippen molar-refractivity contribution in [2.45, 2.75) is 20.3 Å². The second-order valence-corrected chi connectivity index (χ2v) is 6.25. The van der Waals surface area contributed by atoms with Crippen LogP contribution in [-0.2, 0) is 6.42 Å². The zero-order valence-electron chi connectivity index (χ0n) is 15.1. The average Bonchev–Trinajstić information content (AvgIpc) is 2.68. The van der Waals surface area contributed by atoms with Crippen molar-refractivity contribution in [3.8, 4) is 5.75 Å².